The number of alkyl halides is 1. The first-order chi connectivity index (χ1) is 5.12. The molecule has 0 saturated heterocycles. The van der Waals surface area contributed by atoms with E-state index in [9.17, 15) is 8.42 Å². The third kappa shape index (κ3) is 6.59. The minimum atomic E-state index is -3.29. The molecule has 0 unspecified atom stereocenters. The van der Waals surface area contributed by atoms with E-state index in [1.807, 2.05) is 6.92 Å². The summed E-state index contributed by atoms with van der Waals surface area (Å²) in [5, 5.41) is 0. The van der Waals surface area contributed by atoms with Gasteiger partial charge in [0.2, 0.25) is 0 Å². The van der Waals surface area contributed by atoms with Crippen LogP contribution in [0, 0.1) is 0 Å². The molecule has 0 aromatic heterocycles. The Morgan fingerprint density at radius 2 is 2.09 bits per heavy atom. The normalized spacial score (nSPS) is 11.8. The smallest absolute Gasteiger partial charge is 0.267 e. The minimum absolute atomic E-state index is 0.0243. The van der Waals surface area contributed by atoms with Crippen LogP contribution in [0.4, 0.5) is 0 Å². The highest BCUT2D eigenvalue weighted by Crippen LogP contribution is 1.98. The van der Waals surface area contributed by atoms with E-state index in [-0.39, 0.29) is 12.4 Å². The van der Waals surface area contributed by atoms with Gasteiger partial charge in [-0.05, 0) is 12.8 Å². The van der Waals surface area contributed by atoms with Crippen molar-refractivity contribution in [3.8, 4) is 0 Å². The predicted octanol–water partition coefficient (Wildman–Crippen LogP) is 1.37. The van der Waals surface area contributed by atoms with Crippen LogP contribution in [-0.2, 0) is 14.3 Å². The van der Waals surface area contributed by atoms with Gasteiger partial charge in [0.15, 0.2) is 0 Å². The summed E-state index contributed by atoms with van der Waals surface area (Å²) in [7, 11) is -3.29. The molecule has 0 rings (SSSR count). The average Bonchev–Trinajstić information content (AvgIpc) is 1.97. The van der Waals surface area contributed by atoms with Crippen molar-refractivity contribution in [3.63, 3.8) is 0 Å². The van der Waals surface area contributed by atoms with Crippen LogP contribution >= 0.6 is 11.6 Å². The van der Waals surface area contributed by atoms with E-state index in [1.165, 1.54) is 0 Å². The molecule has 0 bridgehead atoms. The Bertz CT molecular complexity index is 162. The van der Waals surface area contributed by atoms with Crippen LogP contribution in [0.15, 0.2) is 0 Å². The van der Waals surface area contributed by atoms with Gasteiger partial charge < -0.3 is 0 Å². The van der Waals surface area contributed by atoms with Crippen molar-refractivity contribution in [3.05, 3.63) is 0 Å². The zero-order valence-corrected chi connectivity index (χ0v) is 8.12. The lowest BCUT2D eigenvalue weighted by Crippen LogP contribution is -2.11. The molecule has 0 saturated carbocycles. The Balaban J connectivity index is 3.63. The van der Waals surface area contributed by atoms with E-state index in [4.69, 9.17) is 11.6 Å². The second kappa shape index (κ2) is 5.80. The molecule has 5 heteroatoms. The van der Waals surface area contributed by atoms with E-state index in [2.05, 4.69) is 4.18 Å². The Morgan fingerprint density at radius 3 is 2.55 bits per heavy atom. The topological polar surface area (TPSA) is 43.4 Å². The molecule has 0 aromatic rings. The maximum Gasteiger partial charge on any atom is 0.267 e. The second-order valence-corrected chi connectivity index (χ2v) is 4.26. The molecule has 0 aromatic carbocycles. The van der Waals surface area contributed by atoms with Crippen LogP contribution in [0.2, 0.25) is 0 Å². The number of rotatable bonds is 6. The fourth-order valence-corrected chi connectivity index (χ4v) is 1.83. The highest BCUT2D eigenvalue weighted by Gasteiger charge is 2.08. The summed E-state index contributed by atoms with van der Waals surface area (Å²) >= 11 is 5.32. The third-order valence-electron chi connectivity index (χ3n) is 0.995. The molecule has 0 amide bonds. The van der Waals surface area contributed by atoms with Gasteiger partial charge in [0.1, 0.15) is 0 Å². The first kappa shape index (κ1) is 11.2. The average molecular weight is 201 g/mol. The van der Waals surface area contributed by atoms with Crippen molar-refractivity contribution in [1.82, 2.24) is 0 Å². The Labute approximate surface area is 72.8 Å². The first-order valence-corrected chi connectivity index (χ1v) is 5.66. The van der Waals surface area contributed by atoms with E-state index >= 15 is 0 Å². The fraction of sp³-hybridized carbons (Fsp3) is 1.00. The Hall–Kier alpha value is 0.200. The first-order valence-electron chi connectivity index (χ1n) is 3.55. The molecular weight excluding hydrogens is 188 g/mol. The minimum Gasteiger partial charge on any atom is -0.270 e. The lowest BCUT2D eigenvalue weighted by molar-refractivity contribution is 0.318. The molecular formula is C6H13ClO3S. The van der Waals surface area contributed by atoms with Gasteiger partial charge in [-0.3, -0.25) is 4.18 Å². The molecule has 3 nitrogen and oxygen atoms in total. The van der Waals surface area contributed by atoms with Crippen LogP contribution in [-0.4, -0.2) is 26.7 Å². The number of hydrogen-bond donors (Lipinski definition) is 0. The zero-order valence-electron chi connectivity index (χ0n) is 6.55. The van der Waals surface area contributed by atoms with Crippen molar-refractivity contribution < 1.29 is 12.6 Å². The summed E-state index contributed by atoms with van der Waals surface area (Å²) in [6, 6.07) is 0. The molecule has 0 fully saturated rings. The van der Waals surface area contributed by atoms with Gasteiger partial charge in [-0.15, -0.1) is 11.6 Å². The van der Waals surface area contributed by atoms with Gasteiger partial charge in [0.05, 0.1) is 12.4 Å². The molecule has 0 aliphatic carbocycles. The summed E-state index contributed by atoms with van der Waals surface area (Å²) < 4.78 is 26.3. The predicted molar refractivity (Wildman–Crippen MR) is 45.4 cm³/mol. The summed E-state index contributed by atoms with van der Waals surface area (Å²) in [4.78, 5) is 0. The van der Waals surface area contributed by atoms with Gasteiger partial charge in [-0.25, -0.2) is 0 Å². The molecule has 0 N–H and O–H groups in total. The maximum absolute atomic E-state index is 10.9. The van der Waals surface area contributed by atoms with Crippen LogP contribution in [0.1, 0.15) is 19.8 Å². The van der Waals surface area contributed by atoms with Crippen LogP contribution < -0.4 is 0 Å². The van der Waals surface area contributed by atoms with Gasteiger partial charge in [-0.2, -0.15) is 8.42 Å². The number of hydrogen-bond acceptors (Lipinski definition) is 3. The van der Waals surface area contributed by atoms with Gasteiger partial charge in [0, 0.05) is 5.88 Å². The lowest BCUT2D eigenvalue weighted by Gasteiger charge is -2.01. The van der Waals surface area contributed by atoms with Crippen LogP contribution in [0.5, 0.6) is 0 Å². The van der Waals surface area contributed by atoms with E-state index in [0.717, 1.165) is 0 Å². The van der Waals surface area contributed by atoms with E-state index < -0.39 is 10.1 Å². The maximum atomic E-state index is 10.9. The van der Waals surface area contributed by atoms with Crippen molar-refractivity contribution in [1.29, 1.82) is 0 Å². The van der Waals surface area contributed by atoms with Crippen molar-refractivity contribution in [2.75, 3.05) is 18.2 Å². The second-order valence-electron chi connectivity index (χ2n) is 2.13. The lowest BCUT2D eigenvalue weighted by atomic mass is 10.5. The summed E-state index contributed by atoms with van der Waals surface area (Å²) in [5.74, 6) is 0.380. The molecule has 68 valence electrons. The third-order valence-corrected chi connectivity index (χ3v) is 2.58. The van der Waals surface area contributed by atoms with Gasteiger partial charge in [0.25, 0.3) is 10.1 Å². The van der Waals surface area contributed by atoms with Crippen molar-refractivity contribution >= 4 is 21.7 Å². The van der Waals surface area contributed by atoms with E-state index in [0.29, 0.717) is 18.7 Å². The monoisotopic (exact) mass is 200 g/mol. The van der Waals surface area contributed by atoms with E-state index in [1.54, 1.807) is 0 Å². The Morgan fingerprint density at radius 1 is 1.45 bits per heavy atom. The molecule has 0 spiro atoms. The molecule has 0 heterocycles. The zero-order chi connectivity index (χ0) is 8.74. The van der Waals surface area contributed by atoms with Crippen LogP contribution in [0.25, 0.3) is 0 Å². The number of halogens is 1. The molecule has 0 radical (unpaired) electrons. The Kier molecular flexibility index (Phi) is 5.91. The summed E-state index contributed by atoms with van der Waals surface area (Å²) in [6.45, 7) is 2.13. The molecule has 0 atom stereocenters. The van der Waals surface area contributed by atoms with Crippen molar-refractivity contribution in [2.45, 2.75) is 19.8 Å². The highest BCUT2D eigenvalue weighted by molar-refractivity contribution is 7.86. The van der Waals surface area contributed by atoms with Gasteiger partial charge >= 0.3 is 0 Å². The summed E-state index contributed by atoms with van der Waals surface area (Å²) in [6.07, 6.45) is 1.16. The standard InChI is InChI=1S/C6H13ClO3S/c1-2-5-10-11(8,9)6-3-4-7/h2-6H2,1H3. The highest BCUT2D eigenvalue weighted by atomic mass is 35.5. The summed E-state index contributed by atoms with van der Waals surface area (Å²) in [5.41, 5.74) is 0. The molecule has 0 aliphatic heterocycles. The van der Waals surface area contributed by atoms with Crippen molar-refractivity contribution in [2.24, 2.45) is 0 Å². The van der Waals surface area contributed by atoms with Gasteiger partial charge in [-0.1, -0.05) is 6.92 Å². The van der Waals surface area contributed by atoms with Crippen LogP contribution in [0.3, 0.4) is 0 Å². The largest absolute Gasteiger partial charge is 0.270 e. The quantitative estimate of drug-likeness (QED) is 0.481. The molecule has 0 aliphatic rings. The molecule has 11 heavy (non-hydrogen) atoms. The fourth-order valence-electron chi connectivity index (χ4n) is 0.501. The SMILES string of the molecule is CCCOS(=O)(=O)CCCCl.